The van der Waals surface area contributed by atoms with Gasteiger partial charge in [0.1, 0.15) is 0 Å². The average molecular weight is 367 g/mol. The van der Waals surface area contributed by atoms with Gasteiger partial charge >= 0.3 is 0 Å². The minimum Gasteiger partial charge on any atom is -0.379 e. The molecule has 0 spiro atoms. The zero-order valence-corrected chi connectivity index (χ0v) is 14.5. The molecule has 2 amide bonds. The maximum Gasteiger partial charge on any atom is 0.254 e. The first-order chi connectivity index (χ1) is 12.5. The highest BCUT2D eigenvalue weighted by Gasteiger charge is 2.36. The minimum atomic E-state index is -1.05. The van der Waals surface area contributed by atoms with Gasteiger partial charge in [0.15, 0.2) is 11.6 Å². The van der Waals surface area contributed by atoms with Crippen molar-refractivity contribution in [1.29, 1.82) is 0 Å². The van der Waals surface area contributed by atoms with Crippen molar-refractivity contribution in [2.45, 2.75) is 6.42 Å². The summed E-state index contributed by atoms with van der Waals surface area (Å²) >= 11 is 0. The topological polar surface area (TPSA) is 61.9 Å². The summed E-state index contributed by atoms with van der Waals surface area (Å²) in [5, 5.41) is 2.90. The number of ether oxygens (including phenoxy) is 1. The third-order valence-electron chi connectivity index (χ3n) is 4.76. The fourth-order valence-corrected chi connectivity index (χ4v) is 3.11. The van der Waals surface area contributed by atoms with Crippen LogP contribution >= 0.6 is 0 Å². The van der Waals surface area contributed by atoms with E-state index in [1.165, 1.54) is 11.0 Å². The Bertz CT molecular complexity index is 659. The minimum absolute atomic E-state index is 0.0682. The summed E-state index contributed by atoms with van der Waals surface area (Å²) in [7, 11) is 0. The zero-order valence-electron chi connectivity index (χ0n) is 14.5. The first-order valence-electron chi connectivity index (χ1n) is 8.87. The Hall–Kier alpha value is -2.06. The van der Waals surface area contributed by atoms with Gasteiger partial charge < -0.3 is 15.0 Å². The summed E-state index contributed by atoms with van der Waals surface area (Å²) in [4.78, 5) is 28.0. The molecule has 0 saturated carbocycles. The van der Waals surface area contributed by atoms with E-state index < -0.39 is 11.6 Å². The lowest BCUT2D eigenvalue weighted by atomic mass is 9.97. The van der Waals surface area contributed by atoms with E-state index in [1.807, 2.05) is 0 Å². The summed E-state index contributed by atoms with van der Waals surface area (Å²) in [5.41, 5.74) is 0.0910. The Morgan fingerprint density at radius 2 is 1.88 bits per heavy atom. The number of benzene rings is 1. The fraction of sp³-hybridized carbons (Fsp3) is 0.556. The molecule has 0 bridgehead atoms. The molecule has 2 saturated heterocycles. The van der Waals surface area contributed by atoms with Gasteiger partial charge in [-0.1, -0.05) is 0 Å². The predicted octanol–water partition coefficient (Wildman–Crippen LogP) is 0.875. The zero-order chi connectivity index (χ0) is 18.5. The molecule has 0 radical (unpaired) electrons. The highest BCUT2D eigenvalue weighted by atomic mass is 19.2. The van der Waals surface area contributed by atoms with E-state index in [1.54, 1.807) is 0 Å². The summed E-state index contributed by atoms with van der Waals surface area (Å²) in [6.45, 7) is 5.50. The lowest BCUT2D eigenvalue weighted by Crippen LogP contribution is -2.55. The predicted molar refractivity (Wildman–Crippen MR) is 90.6 cm³/mol. The van der Waals surface area contributed by atoms with Crippen molar-refractivity contribution >= 4 is 11.8 Å². The quantitative estimate of drug-likeness (QED) is 0.758. The number of hydrogen-bond donors (Lipinski definition) is 1. The van der Waals surface area contributed by atoms with Crippen LogP contribution in [0, 0.1) is 17.6 Å². The van der Waals surface area contributed by atoms with Gasteiger partial charge in [-0.25, -0.2) is 8.78 Å². The van der Waals surface area contributed by atoms with Crippen molar-refractivity contribution in [3.63, 3.8) is 0 Å². The van der Waals surface area contributed by atoms with Crippen molar-refractivity contribution in [2.24, 2.45) is 5.92 Å². The second-order valence-electron chi connectivity index (χ2n) is 6.63. The molecule has 1 N–H and O–H groups in total. The number of nitrogens with one attached hydrogen (secondary N) is 1. The molecule has 142 valence electrons. The molecule has 2 aliphatic rings. The molecule has 0 atom stereocenters. The van der Waals surface area contributed by atoms with E-state index in [4.69, 9.17) is 4.74 Å². The molecule has 0 unspecified atom stereocenters. The van der Waals surface area contributed by atoms with Gasteiger partial charge in [0, 0.05) is 38.3 Å². The van der Waals surface area contributed by atoms with E-state index in [-0.39, 0.29) is 23.3 Å². The van der Waals surface area contributed by atoms with Gasteiger partial charge in [-0.15, -0.1) is 0 Å². The van der Waals surface area contributed by atoms with Gasteiger partial charge in [-0.2, -0.15) is 0 Å². The van der Waals surface area contributed by atoms with Crippen LogP contribution in [0.25, 0.3) is 0 Å². The molecule has 1 aromatic rings. The number of carbonyl (C=O) groups is 2. The van der Waals surface area contributed by atoms with Crippen LogP contribution in [0.15, 0.2) is 18.2 Å². The summed E-state index contributed by atoms with van der Waals surface area (Å²) in [6.07, 6.45) is 0.871. The van der Waals surface area contributed by atoms with Gasteiger partial charge in [0.05, 0.1) is 19.1 Å². The van der Waals surface area contributed by atoms with Crippen molar-refractivity contribution in [3.8, 4) is 0 Å². The van der Waals surface area contributed by atoms with Crippen LogP contribution in [0.4, 0.5) is 8.78 Å². The van der Waals surface area contributed by atoms with E-state index in [0.717, 1.165) is 51.4 Å². The molecule has 6 nitrogen and oxygen atoms in total. The van der Waals surface area contributed by atoms with E-state index in [9.17, 15) is 18.4 Å². The van der Waals surface area contributed by atoms with E-state index in [2.05, 4.69) is 10.2 Å². The molecule has 2 fully saturated rings. The van der Waals surface area contributed by atoms with E-state index >= 15 is 0 Å². The van der Waals surface area contributed by atoms with Crippen LogP contribution in [0.2, 0.25) is 0 Å². The summed E-state index contributed by atoms with van der Waals surface area (Å²) in [5.74, 6) is -2.74. The summed E-state index contributed by atoms with van der Waals surface area (Å²) < 4.78 is 31.4. The Morgan fingerprint density at radius 3 is 2.58 bits per heavy atom. The molecule has 0 aromatic heterocycles. The Labute approximate surface area is 151 Å². The second kappa shape index (κ2) is 8.55. The second-order valence-corrected chi connectivity index (χ2v) is 6.63. The Balaban J connectivity index is 1.35. The number of carbonyl (C=O) groups excluding carboxylic acids is 2. The van der Waals surface area contributed by atoms with Crippen molar-refractivity contribution < 1.29 is 23.1 Å². The fourth-order valence-electron chi connectivity index (χ4n) is 3.11. The standard InChI is InChI=1S/C18H23F2N3O3/c19-15-3-2-13(10-16(15)20)18(25)23-11-14(12-23)17(24)21-4-1-5-22-6-8-26-9-7-22/h2-3,10,14H,1,4-9,11-12H2,(H,21,24). The van der Waals surface area contributed by atoms with Crippen molar-refractivity contribution in [3.05, 3.63) is 35.4 Å². The van der Waals surface area contributed by atoms with Gasteiger partial charge in [0.2, 0.25) is 5.91 Å². The highest BCUT2D eigenvalue weighted by molar-refractivity contribution is 5.96. The molecular formula is C18H23F2N3O3. The number of likely N-dealkylation sites (tertiary alicyclic amines) is 1. The highest BCUT2D eigenvalue weighted by Crippen LogP contribution is 2.20. The maximum absolute atomic E-state index is 13.2. The molecular weight excluding hydrogens is 344 g/mol. The molecule has 3 rings (SSSR count). The summed E-state index contributed by atoms with van der Waals surface area (Å²) in [6, 6.07) is 3.07. The Kier molecular flexibility index (Phi) is 6.16. The number of nitrogens with zero attached hydrogens (tertiary/aromatic N) is 2. The molecule has 2 aliphatic heterocycles. The SMILES string of the molecule is O=C(NCCCN1CCOCC1)C1CN(C(=O)c2ccc(F)c(F)c2)C1. The lowest BCUT2D eigenvalue weighted by Gasteiger charge is -2.38. The normalized spacial score (nSPS) is 18.5. The van der Waals surface area contributed by atoms with Gasteiger partial charge in [-0.05, 0) is 31.2 Å². The van der Waals surface area contributed by atoms with Gasteiger partial charge in [-0.3, -0.25) is 14.5 Å². The van der Waals surface area contributed by atoms with Gasteiger partial charge in [0.25, 0.3) is 5.91 Å². The third-order valence-corrected chi connectivity index (χ3v) is 4.76. The maximum atomic E-state index is 13.2. The van der Waals surface area contributed by atoms with Crippen LogP contribution in [-0.2, 0) is 9.53 Å². The number of halogens is 2. The first kappa shape index (κ1) is 18.7. The third kappa shape index (κ3) is 4.56. The first-order valence-corrected chi connectivity index (χ1v) is 8.87. The van der Waals surface area contributed by atoms with Crippen molar-refractivity contribution in [2.75, 3.05) is 52.5 Å². The molecule has 8 heteroatoms. The number of hydrogen-bond acceptors (Lipinski definition) is 4. The molecule has 2 heterocycles. The number of morpholine rings is 1. The van der Waals surface area contributed by atoms with Crippen LogP contribution < -0.4 is 5.32 Å². The van der Waals surface area contributed by atoms with Crippen LogP contribution in [0.3, 0.4) is 0 Å². The van der Waals surface area contributed by atoms with Crippen molar-refractivity contribution in [1.82, 2.24) is 15.1 Å². The smallest absolute Gasteiger partial charge is 0.254 e. The monoisotopic (exact) mass is 367 g/mol. The number of rotatable bonds is 6. The molecule has 1 aromatic carbocycles. The van der Waals surface area contributed by atoms with Crippen LogP contribution in [0.5, 0.6) is 0 Å². The molecule has 26 heavy (non-hydrogen) atoms. The largest absolute Gasteiger partial charge is 0.379 e. The van der Waals surface area contributed by atoms with Crippen LogP contribution in [-0.4, -0.2) is 74.1 Å². The molecule has 0 aliphatic carbocycles. The Morgan fingerprint density at radius 1 is 1.15 bits per heavy atom. The number of amides is 2. The average Bonchev–Trinajstić information content (AvgIpc) is 2.60. The van der Waals surface area contributed by atoms with Crippen LogP contribution in [0.1, 0.15) is 16.8 Å². The lowest BCUT2D eigenvalue weighted by molar-refractivity contribution is -0.129. The van der Waals surface area contributed by atoms with E-state index in [0.29, 0.717) is 19.6 Å².